The van der Waals surface area contributed by atoms with E-state index in [1.807, 2.05) is 29.8 Å². The maximum Gasteiger partial charge on any atom is 0.253 e. The lowest BCUT2D eigenvalue weighted by Crippen LogP contribution is -2.41. The number of rotatable bonds is 5. The summed E-state index contributed by atoms with van der Waals surface area (Å²) in [5, 5.41) is 13.9. The molecule has 0 spiro atoms. The Morgan fingerprint density at radius 1 is 1.12 bits per heavy atom. The van der Waals surface area contributed by atoms with Gasteiger partial charge in [-0.1, -0.05) is 49.4 Å². The summed E-state index contributed by atoms with van der Waals surface area (Å²) >= 11 is 0. The number of aromatic nitrogens is 5. The van der Waals surface area contributed by atoms with Gasteiger partial charge in [0.1, 0.15) is 6.04 Å². The van der Waals surface area contributed by atoms with Gasteiger partial charge in [0.05, 0.1) is 12.1 Å². The lowest BCUT2D eigenvalue weighted by molar-refractivity contribution is 0.141. The molecule has 1 aliphatic heterocycles. The summed E-state index contributed by atoms with van der Waals surface area (Å²) in [5.74, 6) is 1.27. The molecule has 2 aromatic heterocycles. The van der Waals surface area contributed by atoms with Crippen molar-refractivity contribution < 1.29 is 0 Å². The number of fused-ring (bicyclic) bond motifs is 1. The van der Waals surface area contributed by atoms with Crippen molar-refractivity contribution in [1.82, 2.24) is 30.1 Å². The summed E-state index contributed by atoms with van der Waals surface area (Å²) in [6.45, 7) is 8.77. The van der Waals surface area contributed by atoms with E-state index in [9.17, 15) is 4.79 Å². The summed E-state index contributed by atoms with van der Waals surface area (Å²) in [6, 6.07) is 16.1. The molecule has 0 radical (unpaired) electrons. The van der Waals surface area contributed by atoms with E-state index in [4.69, 9.17) is 0 Å². The molecule has 3 heterocycles. The Balaban J connectivity index is 1.66. The fraction of sp³-hybridized carbons (Fsp3) is 0.385. The number of aryl methyl sites for hydroxylation is 2. The van der Waals surface area contributed by atoms with Gasteiger partial charge in [0.2, 0.25) is 0 Å². The van der Waals surface area contributed by atoms with Crippen molar-refractivity contribution in [2.24, 2.45) is 5.92 Å². The van der Waals surface area contributed by atoms with Gasteiger partial charge in [-0.05, 0) is 72.3 Å². The number of likely N-dealkylation sites (tertiary alicyclic amines) is 1. The Kier molecular flexibility index (Phi) is 5.81. The Morgan fingerprint density at radius 3 is 2.70 bits per heavy atom. The molecule has 0 unspecified atom stereocenters. The third-order valence-corrected chi connectivity index (χ3v) is 6.80. The molecule has 7 heteroatoms. The molecule has 33 heavy (non-hydrogen) atoms. The van der Waals surface area contributed by atoms with E-state index in [0.717, 1.165) is 47.1 Å². The number of piperidine rings is 1. The molecular formula is C26H30N6O. The Hall–Kier alpha value is -3.32. The highest BCUT2D eigenvalue weighted by atomic mass is 16.1. The van der Waals surface area contributed by atoms with Crippen LogP contribution in [0.2, 0.25) is 0 Å². The van der Waals surface area contributed by atoms with E-state index in [0.29, 0.717) is 23.9 Å². The molecule has 0 bridgehead atoms. The average molecular weight is 443 g/mol. The van der Waals surface area contributed by atoms with Gasteiger partial charge in [-0.2, -0.15) is 0 Å². The monoisotopic (exact) mass is 442 g/mol. The molecule has 2 atom stereocenters. The molecule has 170 valence electrons. The van der Waals surface area contributed by atoms with Crippen molar-refractivity contribution in [1.29, 1.82) is 0 Å². The molecule has 1 saturated heterocycles. The van der Waals surface area contributed by atoms with Crippen molar-refractivity contribution in [2.45, 2.75) is 46.2 Å². The second kappa shape index (κ2) is 8.90. The van der Waals surface area contributed by atoms with Crippen LogP contribution in [0.5, 0.6) is 0 Å². The van der Waals surface area contributed by atoms with Crippen LogP contribution < -0.4 is 5.56 Å². The highest BCUT2D eigenvalue weighted by molar-refractivity contribution is 5.85. The lowest BCUT2D eigenvalue weighted by Gasteiger charge is -2.36. The first-order valence-electron chi connectivity index (χ1n) is 11.7. The topological polar surface area (TPSA) is 79.7 Å². The molecule has 2 aromatic carbocycles. The van der Waals surface area contributed by atoms with Gasteiger partial charge >= 0.3 is 0 Å². The van der Waals surface area contributed by atoms with Crippen molar-refractivity contribution in [3.05, 3.63) is 87.0 Å². The number of tetrazole rings is 1. The second-order valence-electron chi connectivity index (χ2n) is 9.37. The molecule has 0 aliphatic carbocycles. The molecule has 4 aromatic rings. The van der Waals surface area contributed by atoms with Gasteiger partial charge in [0.15, 0.2) is 5.82 Å². The van der Waals surface area contributed by atoms with Crippen LogP contribution in [0.4, 0.5) is 0 Å². The van der Waals surface area contributed by atoms with Crippen LogP contribution in [0, 0.1) is 19.8 Å². The summed E-state index contributed by atoms with van der Waals surface area (Å²) in [4.78, 5) is 19.0. The van der Waals surface area contributed by atoms with Crippen LogP contribution in [0.15, 0.2) is 53.3 Å². The van der Waals surface area contributed by atoms with E-state index >= 15 is 0 Å². The normalized spacial score (nSPS) is 18.0. The van der Waals surface area contributed by atoms with E-state index in [2.05, 4.69) is 69.6 Å². The standard InChI is InChI=1S/C26H30N6O/c1-17-8-7-13-31(15-17)24(25-28-29-30-32(25)16-20-9-5-4-6-10-20)22-14-21-18(2)11-12-19(3)23(21)27-26(22)33/h4-6,9-12,14,17,24H,7-8,13,15-16H2,1-3H3,(H,27,33)/t17-,24-/m1/s1. The Morgan fingerprint density at radius 2 is 1.91 bits per heavy atom. The number of aromatic amines is 1. The van der Waals surface area contributed by atoms with Crippen LogP contribution in [0.25, 0.3) is 10.9 Å². The molecule has 1 N–H and O–H groups in total. The lowest BCUT2D eigenvalue weighted by atomic mass is 9.95. The molecule has 0 amide bonds. The van der Waals surface area contributed by atoms with Gasteiger partial charge in [-0.3, -0.25) is 9.69 Å². The summed E-state index contributed by atoms with van der Waals surface area (Å²) in [7, 11) is 0. The van der Waals surface area contributed by atoms with Gasteiger partial charge < -0.3 is 4.98 Å². The maximum absolute atomic E-state index is 13.5. The van der Waals surface area contributed by atoms with E-state index < -0.39 is 0 Å². The first-order valence-corrected chi connectivity index (χ1v) is 11.7. The van der Waals surface area contributed by atoms with Crippen LogP contribution in [0.3, 0.4) is 0 Å². The highest BCUT2D eigenvalue weighted by Gasteiger charge is 2.33. The summed E-state index contributed by atoms with van der Waals surface area (Å²) in [5.41, 5.74) is 4.86. The number of nitrogens with zero attached hydrogens (tertiary/aromatic N) is 5. The third kappa shape index (κ3) is 4.20. The molecule has 1 aliphatic rings. The smallest absolute Gasteiger partial charge is 0.253 e. The molecule has 0 saturated carbocycles. The first kappa shape index (κ1) is 21.5. The van der Waals surface area contributed by atoms with Crippen molar-refractivity contribution >= 4 is 10.9 Å². The van der Waals surface area contributed by atoms with Gasteiger partial charge in [-0.25, -0.2) is 4.68 Å². The molecule has 5 rings (SSSR count). The van der Waals surface area contributed by atoms with Crippen LogP contribution in [-0.4, -0.2) is 43.2 Å². The number of H-pyrrole nitrogens is 1. The minimum atomic E-state index is -0.306. The number of nitrogens with one attached hydrogen (secondary N) is 1. The van der Waals surface area contributed by atoms with Crippen LogP contribution in [0.1, 0.15) is 53.9 Å². The van der Waals surface area contributed by atoms with E-state index in [-0.39, 0.29) is 11.6 Å². The summed E-state index contributed by atoms with van der Waals surface area (Å²) in [6.07, 6.45) is 2.30. The number of hydrogen-bond donors (Lipinski definition) is 1. The first-order chi connectivity index (χ1) is 16.0. The largest absolute Gasteiger partial charge is 0.321 e. The Bertz CT molecular complexity index is 1330. The predicted octanol–water partition coefficient (Wildman–Crippen LogP) is 4.00. The third-order valence-electron chi connectivity index (χ3n) is 6.80. The quantitative estimate of drug-likeness (QED) is 0.505. The average Bonchev–Trinajstić information content (AvgIpc) is 3.26. The number of hydrogen-bond acceptors (Lipinski definition) is 5. The van der Waals surface area contributed by atoms with Crippen molar-refractivity contribution in [3.8, 4) is 0 Å². The van der Waals surface area contributed by atoms with Gasteiger partial charge in [-0.15, -0.1) is 5.10 Å². The SMILES string of the molecule is Cc1ccc(C)c2[nH]c(=O)c([C@H](c3nnnn3Cc3ccccc3)N3CCC[C@@H](C)C3)cc12. The highest BCUT2D eigenvalue weighted by Crippen LogP contribution is 2.32. The molecular weight excluding hydrogens is 412 g/mol. The molecule has 7 nitrogen and oxygen atoms in total. The second-order valence-corrected chi connectivity index (χ2v) is 9.37. The minimum Gasteiger partial charge on any atom is -0.321 e. The minimum absolute atomic E-state index is 0.0753. The zero-order valence-corrected chi connectivity index (χ0v) is 19.5. The van der Waals surface area contributed by atoms with Gasteiger partial charge in [0, 0.05) is 17.5 Å². The van der Waals surface area contributed by atoms with Crippen LogP contribution >= 0.6 is 0 Å². The Labute approximate surface area is 193 Å². The van der Waals surface area contributed by atoms with Crippen molar-refractivity contribution in [2.75, 3.05) is 13.1 Å². The fourth-order valence-corrected chi connectivity index (χ4v) is 5.03. The maximum atomic E-state index is 13.5. The number of benzene rings is 2. The van der Waals surface area contributed by atoms with Gasteiger partial charge in [0.25, 0.3) is 5.56 Å². The fourth-order valence-electron chi connectivity index (χ4n) is 5.03. The summed E-state index contributed by atoms with van der Waals surface area (Å²) < 4.78 is 1.84. The zero-order chi connectivity index (χ0) is 22.9. The number of pyridine rings is 1. The van der Waals surface area contributed by atoms with Crippen molar-refractivity contribution in [3.63, 3.8) is 0 Å². The predicted molar refractivity (Wildman–Crippen MR) is 129 cm³/mol. The van der Waals surface area contributed by atoms with Crippen LogP contribution in [-0.2, 0) is 6.54 Å². The zero-order valence-electron chi connectivity index (χ0n) is 19.5. The van der Waals surface area contributed by atoms with E-state index in [1.54, 1.807) is 0 Å². The van der Waals surface area contributed by atoms with E-state index in [1.165, 1.54) is 6.42 Å². The molecule has 1 fully saturated rings.